The third-order valence-corrected chi connectivity index (χ3v) is 7.46. The molecule has 2 atom stereocenters. The van der Waals surface area contributed by atoms with E-state index in [0.29, 0.717) is 17.1 Å². The Morgan fingerprint density at radius 1 is 1.13 bits per heavy atom. The summed E-state index contributed by atoms with van der Waals surface area (Å²) in [6.45, 7) is 5.43. The van der Waals surface area contributed by atoms with Crippen LogP contribution in [0.5, 0.6) is 0 Å². The van der Waals surface area contributed by atoms with E-state index in [-0.39, 0.29) is 11.9 Å². The fraction of sp³-hybridized carbons (Fsp3) is 0.458. The molecule has 3 rings (SSSR count). The van der Waals surface area contributed by atoms with Crippen molar-refractivity contribution in [1.82, 2.24) is 5.32 Å². The van der Waals surface area contributed by atoms with Gasteiger partial charge in [-0.15, -0.1) is 0 Å². The van der Waals surface area contributed by atoms with Crippen LogP contribution < -0.4 is 9.62 Å². The van der Waals surface area contributed by atoms with Crippen LogP contribution in [0.1, 0.15) is 61.4 Å². The highest BCUT2D eigenvalue weighted by atomic mass is 35.5. The summed E-state index contributed by atoms with van der Waals surface area (Å²) in [4.78, 5) is 13.2. The monoisotopic (exact) mass is 462 g/mol. The van der Waals surface area contributed by atoms with Crippen LogP contribution in [-0.4, -0.2) is 26.6 Å². The maximum atomic E-state index is 13.2. The summed E-state index contributed by atoms with van der Waals surface area (Å²) in [5.74, 6) is -0.339. The van der Waals surface area contributed by atoms with Crippen molar-refractivity contribution in [3.05, 3.63) is 63.7 Å². The predicted molar refractivity (Wildman–Crippen MR) is 127 cm³/mol. The Bertz CT molecular complexity index is 1070. The summed E-state index contributed by atoms with van der Waals surface area (Å²) in [5.41, 5.74) is 4.96. The zero-order chi connectivity index (χ0) is 22.8. The first-order valence-corrected chi connectivity index (χ1v) is 13.0. The minimum atomic E-state index is -3.71. The molecule has 0 radical (unpaired) electrons. The van der Waals surface area contributed by atoms with Gasteiger partial charge in [-0.25, -0.2) is 8.42 Å². The molecular weight excluding hydrogens is 432 g/mol. The van der Waals surface area contributed by atoms with E-state index < -0.39 is 16.1 Å². The summed E-state index contributed by atoms with van der Waals surface area (Å²) in [6.07, 6.45) is 6.42. The summed E-state index contributed by atoms with van der Waals surface area (Å²) >= 11 is 6.12. The lowest BCUT2D eigenvalue weighted by Gasteiger charge is -2.31. The first-order valence-electron chi connectivity index (χ1n) is 10.8. The van der Waals surface area contributed by atoms with Crippen LogP contribution in [0, 0.1) is 6.92 Å². The van der Waals surface area contributed by atoms with Gasteiger partial charge in [-0.2, -0.15) is 0 Å². The van der Waals surface area contributed by atoms with Crippen LogP contribution in [0.4, 0.5) is 5.69 Å². The second kappa shape index (κ2) is 9.61. The SMILES string of the molecule is CC[C@H](NC(=O)[C@@H](C)N(c1cc(Cl)ccc1C)S(C)(=O)=O)c1ccc2c(c1)CCCC2. The number of hydrogen-bond donors (Lipinski definition) is 1. The normalized spacial score (nSPS) is 15.6. The molecule has 0 saturated heterocycles. The third-order valence-electron chi connectivity index (χ3n) is 6.00. The van der Waals surface area contributed by atoms with E-state index in [0.717, 1.165) is 34.5 Å². The maximum absolute atomic E-state index is 13.2. The lowest BCUT2D eigenvalue weighted by Crippen LogP contribution is -2.48. The van der Waals surface area contributed by atoms with E-state index in [9.17, 15) is 13.2 Å². The number of benzene rings is 2. The van der Waals surface area contributed by atoms with E-state index in [4.69, 9.17) is 11.6 Å². The number of anilines is 1. The van der Waals surface area contributed by atoms with Gasteiger partial charge in [-0.05, 0) is 80.3 Å². The van der Waals surface area contributed by atoms with E-state index in [1.54, 1.807) is 32.0 Å². The molecule has 1 aliphatic carbocycles. The maximum Gasteiger partial charge on any atom is 0.244 e. The number of aryl methyl sites for hydroxylation is 3. The average molecular weight is 463 g/mol. The number of fused-ring (bicyclic) bond motifs is 1. The number of sulfonamides is 1. The Hall–Kier alpha value is -2.05. The van der Waals surface area contributed by atoms with Crippen molar-refractivity contribution in [2.45, 2.75) is 65.0 Å². The van der Waals surface area contributed by atoms with Gasteiger partial charge in [-0.3, -0.25) is 9.10 Å². The number of carbonyl (C=O) groups excluding carboxylic acids is 1. The van der Waals surface area contributed by atoms with Gasteiger partial charge in [0.2, 0.25) is 15.9 Å². The Kier molecular flexibility index (Phi) is 7.32. The molecule has 5 nitrogen and oxygen atoms in total. The molecule has 168 valence electrons. The number of rotatable bonds is 7. The standard InChI is InChI=1S/C24H31ClN2O3S/c1-5-22(20-12-11-18-8-6-7-9-19(18)14-20)26-24(28)17(3)27(31(4,29)30)23-15-21(25)13-10-16(23)2/h10-15,17,22H,5-9H2,1-4H3,(H,26,28)/t17-,22+/m1/s1. The molecule has 1 aliphatic rings. The fourth-order valence-corrected chi connectivity index (χ4v) is 5.68. The minimum Gasteiger partial charge on any atom is -0.347 e. The zero-order valence-electron chi connectivity index (χ0n) is 18.6. The first-order chi connectivity index (χ1) is 14.6. The van der Waals surface area contributed by atoms with Crippen molar-refractivity contribution in [1.29, 1.82) is 0 Å². The van der Waals surface area contributed by atoms with Crippen molar-refractivity contribution < 1.29 is 13.2 Å². The van der Waals surface area contributed by atoms with Crippen LogP contribution in [-0.2, 0) is 27.7 Å². The first kappa shape index (κ1) is 23.6. The quantitative estimate of drug-likeness (QED) is 0.633. The molecule has 0 unspecified atom stereocenters. The van der Waals surface area contributed by atoms with Gasteiger partial charge >= 0.3 is 0 Å². The smallest absolute Gasteiger partial charge is 0.244 e. The molecule has 0 fully saturated rings. The Morgan fingerprint density at radius 2 is 1.81 bits per heavy atom. The van der Waals surface area contributed by atoms with Crippen LogP contribution in [0.15, 0.2) is 36.4 Å². The highest BCUT2D eigenvalue weighted by Gasteiger charge is 2.31. The Labute approximate surface area is 190 Å². The molecular formula is C24H31ClN2O3S. The predicted octanol–water partition coefficient (Wildman–Crippen LogP) is 4.95. The topological polar surface area (TPSA) is 66.5 Å². The molecule has 2 aromatic carbocycles. The molecule has 1 N–H and O–H groups in total. The highest BCUT2D eigenvalue weighted by molar-refractivity contribution is 7.92. The largest absolute Gasteiger partial charge is 0.347 e. The summed E-state index contributed by atoms with van der Waals surface area (Å²) in [5, 5.41) is 3.49. The second-order valence-electron chi connectivity index (χ2n) is 8.37. The van der Waals surface area contributed by atoms with Crippen molar-refractivity contribution in [3.63, 3.8) is 0 Å². The number of hydrogen-bond acceptors (Lipinski definition) is 3. The Morgan fingerprint density at radius 3 is 2.45 bits per heavy atom. The van der Waals surface area contributed by atoms with Crippen molar-refractivity contribution in [2.75, 3.05) is 10.6 Å². The number of amides is 1. The molecule has 0 bridgehead atoms. The molecule has 0 aliphatic heterocycles. The molecule has 2 aromatic rings. The van der Waals surface area contributed by atoms with Crippen LogP contribution in [0.25, 0.3) is 0 Å². The van der Waals surface area contributed by atoms with E-state index >= 15 is 0 Å². The van der Waals surface area contributed by atoms with Gasteiger partial charge in [0, 0.05) is 5.02 Å². The molecule has 0 heterocycles. The lowest BCUT2D eigenvalue weighted by molar-refractivity contribution is -0.122. The molecule has 1 amide bonds. The molecule has 7 heteroatoms. The van der Waals surface area contributed by atoms with Crippen LogP contribution >= 0.6 is 11.6 Å². The highest BCUT2D eigenvalue weighted by Crippen LogP contribution is 2.29. The van der Waals surface area contributed by atoms with Gasteiger partial charge in [0.25, 0.3) is 0 Å². The number of halogens is 1. The van der Waals surface area contributed by atoms with Crippen molar-refractivity contribution >= 4 is 33.2 Å². The van der Waals surface area contributed by atoms with Gasteiger partial charge in [0.15, 0.2) is 0 Å². The summed E-state index contributed by atoms with van der Waals surface area (Å²) in [6, 6.07) is 10.4. The van der Waals surface area contributed by atoms with Crippen LogP contribution in [0.2, 0.25) is 5.02 Å². The van der Waals surface area contributed by atoms with Gasteiger partial charge < -0.3 is 5.32 Å². The van der Waals surface area contributed by atoms with Crippen molar-refractivity contribution in [3.8, 4) is 0 Å². The summed E-state index contributed by atoms with van der Waals surface area (Å²) < 4.78 is 26.4. The molecule has 31 heavy (non-hydrogen) atoms. The van der Waals surface area contributed by atoms with E-state index in [1.165, 1.54) is 24.0 Å². The number of nitrogens with zero attached hydrogens (tertiary/aromatic N) is 1. The molecule has 0 saturated carbocycles. The third kappa shape index (κ3) is 5.42. The van der Waals surface area contributed by atoms with Gasteiger partial charge in [0.05, 0.1) is 18.0 Å². The van der Waals surface area contributed by atoms with Gasteiger partial charge in [0.1, 0.15) is 6.04 Å². The lowest BCUT2D eigenvalue weighted by atomic mass is 9.88. The average Bonchev–Trinajstić information content (AvgIpc) is 2.73. The van der Waals surface area contributed by atoms with Crippen LogP contribution in [0.3, 0.4) is 0 Å². The van der Waals surface area contributed by atoms with E-state index in [2.05, 4.69) is 23.5 Å². The minimum absolute atomic E-state index is 0.177. The fourth-order valence-electron chi connectivity index (χ4n) is 4.28. The van der Waals surface area contributed by atoms with Crippen molar-refractivity contribution in [2.24, 2.45) is 0 Å². The number of nitrogens with one attached hydrogen (secondary N) is 1. The summed E-state index contributed by atoms with van der Waals surface area (Å²) in [7, 11) is -3.71. The Balaban J connectivity index is 1.86. The van der Waals surface area contributed by atoms with Gasteiger partial charge in [-0.1, -0.05) is 42.8 Å². The molecule has 0 spiro atoms. The zero-order valence-corrected chi connectivity index (χ0v) is 20.2. The second-order valence-corrected chi connectivity index (χ2v) is 10.7. The number of carbonyl (C=O) groups is 1. The molecule has 0 aromatic heterocycles. The van der Waals surface area contributed by atoms with E-state index in [1.807, 2.05) is 6.92 Å².